The second kappa shape index (κ2) is 5.53. The predicted octanol–water partition coefficient (Wildman–Crippen LogP) is 2.29. The third kappa shape index (κ3) is 3.09. The first kappa shape index (κ1) is 11.7. The molecule has 1 heterocycles. The number of likely N-dealkylation sites (tertiary alicyclic amines) is 1. The van der Waals surface area contributed by atoms with Crippen molar-refractivity contribution in [1.29, 1.82) is 0 Å². The van der Waals surface area contributed by atoms with E-state index in [1.54, 1.807) is 12.2 Å². The Labute approximate surface area is 102 Å². The van der Waals surface area contributed by atoms with Crippen molar-refractivity contribution in [1.82, 2.24) is 4.90 Å². The Morgan fingerprint density at radius 3 is 2.59 bits per heavy atom. The average Bonchev–Trinajstić information content (AvgIpc) is 2.38. The summed E-state index contributed by atoms with van der Waals surface area (Å²) in [4.78, 5) is 13.8. The molecule has 3 nitrogen and oxygen atoms in total. The van der Waals surface area contributed by atoms with Crippen LogP contribution in [0.25, 0.3) is 6.08 Å². The zero-order valence-corrected chi connectivity index (χ0v) is 9.93. The van der Waals surface area contributed by atoms with Crippen LogP contribution < -0.4 is 5.73 Å². The lowest BCUT2D eigenvalue weighted by Gasteiger charge is -2.25. The molecule has 0 atom stereocenters. The Morgan fingerprint density at radius 1 is 1.18 bits per heavy atom. The van der Waals surface area contributed by atoms with E-state index in [2.05, 4.69) is 0 Å². The lowest BCUT2D eigenvalue weighted by molar-refractivity contribution is -0.126. The molecule has 1 aliphatic rings. The van der Waals surface area contributed by atoms with Crippen LogP contribution in [0.5, 0.6) is 0 Å². The van der Waals surface area contributed by atoms with E-state index in [9.17, 15) is 4.79 Å². The number of hydrogen-bond acceptors (Lipinski definition) is 2. The molecule has 17 heavy (non-hydrogen) atoms. The first-order valence-corrected chi connectivity index (χ1v) is 6.09. The van der Waals surface area contributed by atoms with Gasteiger partial charge >= 0.3 is 0 Å². The van der Waals surface area contributed by atoms with Gasteiger partial charge in [-0.15, -0.1) is 0 Å². The molecule has 0 spiro atoms. The highest BCUT2D eigenvalue weighted by atomic mass is 16.2. The zero-order chi connectivity index (χ0) is 12.1. The van der Waals surface area contributed by atoms with Crippen molar-refractivity contribution in [2.75, 3.05) is 18.8 Å². The number of piperidine rings is 1. The molecule has 0 radical (unpaired) electrons. The van der Waals surface area contributed by atoms with E-state index in [0.29, 0.717) is 5.69 Å². The number of rotatable bonds is 2. The molecule has 0 bridgehead atoms. The molecular formula is C14H18N2O. The second-order valence-corrected chi connectivity index (χ2v) is 4.35. The lowest BCUT2D eigenvalue weighted by Crippen LogP contribution is -2.34. The maximum Gasteiger partial charge on any atom is 0.246 e. The number of carbonyl (C=O) groups is 1. The summed E-state index contributed by atoms with van der Waals surface area (Å²) >= 11 is 0. The summed E-state index contributed by atoms with van der Waals surface area (Å²) in [7, 11) is 0. The van der Waals surface area contributed by atoms with E-state index in [1.807, 2.05) is 29.2 Å². The molecule has 0 aliphatic carbocycles. The highest BCUT2D eigenvalue weighted by molar-refractivity contribution is 5.92. The van der Waals surface area contributed by atoms with E-state index < -0.39 is 0 Å². The Balaban J connectivity index is 2.00. The molecule has 0 saturated carbocycles. The van der Waals surface area contributed by atoms with Crippen LogP contribution in [-0.4, -0.2) is 23.9 Å². The summed E-state index contributed by atoms with van der Waals surface area (Å²) < 4.78 is 0. The van der Waals surface area contributed by atoms with Gasteiger partial charge in [0.25, 0.3) is 0 Å². The smallest absolute Gasteiger partial charge is 0.246 e. The monoisotopic (exact) mass is 230 g/mol. The van der Waals surface area contributed by atoms with Crippen molar-refractivity contribution in [3.8, 4) is 0 Å². The first-order valence-electron chi connectivity index (χ1n) is 6.09. The van der Waals surface area contributed by atoms with Crippen molar-refractivity contribution in [3.05, 3.63) is 35.9 Å². The van der Waals surface area contributed by atoms with Crippen LogP contribution in [0.2, 0.25) is 0 Å². The van der Waals surface area contributed by atoms with E-state index in [0.717, 1.165) is 31.5 Å². The van der Waals surface area contributed by atoms with Gasteiger partial charge in [-0.05, 0) is 37.0 Å². The van der Waals surface area contributed by atoms with Gasteiger partial charge in [-0.2, -0.15) is 0 Å². The van der Waals surface area contributed by atoms with Crippen molar-refractivity contribution in [2.24, 2.45) is 0 Å². The molecule has 2 N–H and O–H groups in total. The molecule has 1 fully saturated rings. The first-order chi connectivity index (χ1) is 8.27. The normalized spacial score (nSPS) is 16.4. The second-order valence-electron chi connectivity index (χ2n) is 4.35. The highest BCUT2D eigenvalue weighted by Crippen LogP contribution is 2.13. The minimum Gasteiger partial charge on any atom is -0.398 e. The number of nitrogens with zero attached hydrogens (tertiary/aromatic N) is 1. The van der Waals surface area contributed by atoms with E-state index in [-0.39, 0.29) is 5.91 Å². The number of anilines is 1. The molecule has 3 heteroatoms. The van der Waals surface area contributed by atoms with Gasteiger partial charge in [-0.1, -0.05) is 18.2 Å². The molecule has 1 aromatic carbocycles. The number of carbonyl (C=O) groups excluding carboxylic acids is 1. The Bertz CT molecular complexity index is 420. The molecule has 2 rings (SSSR count). The summed E-state index contributed by atoms with van der Waals surface area (Å²) in [6.45, 7) is 1.76. The van der Waals surface area contributed by atoms with Crippen LogP contribution in [0.4, 0.5) is 5.69 Å². The number of nitrogen functional groups attached to an aromatic ring is 1. The third-order valence-corrected chi connectivity index (χ3v) is 3.07. The Morgan fingerprint density at radius 2 is 1.88 bits per heavy atom. The van der Waals surface area contributed by atoms with Gasteiger partial charge in [0.05, 0.1) is 0 Å². The molecule has 0 unspecified atom stereocenters. The van der Waals surface area contributed by atoms with E-state index in [4.69, 9.17) is 5.73 Å². The van der Waals surface area contributed by atoms with Crippen molar-refractivity contribution in [2.45, 2.75) is 19.3 Å². The molecule has 0 aromatic heterocycles. The van der Waals surface area contributed by atoms with E-state index in [1.165, 1.54) is 6.42 Å². The minimum absolute atomic E-state index is 0.0907. The molecule has 1 saturated heterocycles. The van der Waals surface area contributed by atoms with Crippen molar-refractivity contribution < 1.29 is 4.79 Å². The number of para-hydroxylation sites is 1. The quantitative estimate of drug-likeness (QED) is 0.626. The summed E-state index contributed by atoms with van der Waals surface area (Å²) in [5, 5.41) is 0. The predicted molar refractivity (Wildman–Crippen MR) is 70.3 cm³/mol. The van der Waals surface area contributed by atoms with Crippen LogP contribution in [-0.2, 0) is 4.79 Å². The number of hydrogen-bond donors (Lipinski definition) is 1. The maximum absolute atomic E-state index is 11.9. The van der Waals surface area contributed by atoms with Gasteiger partial charge in [-0.25, -0.2) is 0 Å². The zero-order valence-electron chi connectivity index (χ0n) is 9.93. The van der Waals surface area contributed by atoms with Crippen LogP contribution in [0, 0.1) is 0 Å². The Kier molecular flexibility index (Phi) is 3.81. The van der Waals surface area contributed by atoms with Crippen LogP contribution >= 0.6 is 0 Å². The fourth-order valence-electron chi connectivity index (χ4n) is 2.04. The number of nitrogens with two attached hydrogens (primary N) is 1. The molecular weight excluding hydrogens is 212 g/mol. The molecule has 1 amide bonds. The van der Waals surface area contributed by atoms with Gasteiger partial charge in [0.1, 0.15) is 0 Å². The molecule has 90 valence electrons. The van der Waals surface area contributed by atoms with Crippen molar-refractivity contribution in [3.63, 3.8) is 0 Å². The van der Waals surface area contributed by atoms with Gasteiger partial charge < -0.3 is 10.6 Å². The summed E-state index contributed by atoms with van der Waals surface area (Å²) in [6.07, 6.45) is 6.89. The minimum atomic E-state index is 0.0907. The van der Waals surface area contributed by atoms with Crippen LogP contribution in [0.15, 0.2) is 30.3 Å². The fraction of sp³-hybridized carbons (Fsp3) is 0.357. The van der Waals surface area contributed by atoms with Crippen LogP contribution in [0.3, 0.4) is 0 Å². The average molecular weight is 230 g/mol. The van der Waals surface area contributed by atoms with Gasteiger partial charge in [0.2, 0.25) is 5.91 Å². The Hall–Kier alpha value is -1.77. The highest BCUT2D eigenvalue weighted by Gasteiger charge is 2.13. The fourth-order valence-corrected chi connectivity index (χ4v) is 2.04. The third-order valence-electron chi connectivity index (χ3n) is 3.07. The summed E-state index contributed by atoms with van der Waals surface area (Å²) in [5.41, 5.74) is 7.41. The van der Waals surface area contributed by atoms with Gasteiger partial charge in [0.15, 0.2) is 0 Å². The SMILES string of the molecule is Nc1ccccc1/C=C/C(=O)N1CCCCC1. The van der Waals surface area contributed by atoms with Crippen LogP contribution in [0.1, 0.15) is 24.8 Å². The van der Waals surface area contributed by atoms with Gasteiger partial charge in [-0.3, -0.25) is 4.79 Å². The van der Waals surface area contributed by atoms with Crippen molar-refractivity contribution >= 4 is 17.7 Å². The molecule has 1 aromatic rings. The largest absolute Gasteiger partial charge is 0.398 e. The lowest BCUT2D eigenvalue weighted by atomic mass is 10.1. The summed E-state index contributed by atoms with van der Waals surface area (Å²) in [6, 6.07) is 7.56. The molecule has 1 aliphatic heterocycles. The standard InChI is InChI=1S/C14H18N2O/c15-13-7-3-2-6-12(13)8-9-14(17)16-10-4-1-5-11-16/h2-3,6-9H,1,4-5,10-11,15H2/b9-8+. The van der Waals surface area contributed by atoms with Gasteiger partial charge in [0, 0.05) is 24.9 Å². The van der Waals surface area contributed by atoms with E-state index >= 15 is 0 Å². The number of amides is 1. The topological polar surface area (TPSA) is 46.3 Å². The number of benzene rings is 1. The maximum atomic E-state index is 11.9. The summed E-state index contributed by atoms with van der Waals surface area (Å²) in [5.74, 6) is 0.0907.